The summed E-state index contributed by atoms with van der Waals surface area (Å²) in [4.78, 5) is 13.4. The molecule has 0 unspecified atom stereocenters. The van der Waals surface area contributed by atoms with Crippen LogP contribution in [0.3, 0.4) is 0 Å². The van der Waals surface area contributed by atoms with Gasteiger partial charge in [-0.15, -0.1) is 11.8 Å². The number of hydrogen-bond acceptors (Lipinski definition) is 4. The van der Waals surface area contributed by atoms with Gasteiger partial charge in [-0.25, -0.2) is 4.39 Å². The zero-order valence-corrected chi connectivity index (χ0v) is 14.5. The van der Waals surface area contributed by atoms with Crippen molar-refractivity contribution in [3.8, 4) is 0 Å². The largest absolute Gasteiger partial charge is 0.361 e. The van der Waals surface area contributed by atoms with E-state index in [0.29, 0.717) is 17.9 Å². The Kier molecular flexibility index (Phi) is 5.50. The summed E-state index contributed by atoms with van der Waals surface area (Å²) in [7, 11) is 0. The summed E-state index contributed by atoms with van der Waals surface area (Å²) in [5, 5.41) is 6.83. The lowest BCUT2D eigenvalue weighted by molar-refractivity contribution is 0.0948. The molecule has 3 aromatic rings. The van der Waals surface area contributed by atoms with Crippen LogP contribution >= 0.6 is 11.8 Å². The third-order valence-electron chi connectivity index (χ3n) is 3.55. The molecule has 3 rings (SSSR count). The molecule has 1 aromatic heterocycles. The van der Waals surface area contributed by atoms with Crippen LogP contribution in [-0.2, 0) is 12.3 Å². The normalized spacial score (nSPS) is 10.6. The molecule has 25 heavy (non-hydrogen) atoms. The van der Waals surface area contributed by atoms with Crippen molar-refractivity contribution in [2.75, 3.05) is 0 Å². The van der Waals surface area contributed by atoms with E-state index in [4.69, 9.17) is 4.52 Å². The van der Waals surface area contributed by atoms with E-state index in [1.165, 1.54) is 23.9 Å². The highest BCUT2D eigenvalue weighted by Gasteiger charge is 2.12. The highest BCUT2D eigenvalue weighted by molar-refractivity contribution is 7.98. The van der Waals surface area contributed by atoms with E-state index < -0.39 is 0 Å². The van der Waals surface area contributed by atoms with Crippen molar-refractivity contribution in [1.82, 2.24) is 10.5 Å². The molecule has 1 amide bonds. The number of aromatic nitrogens is 1. The van der Waals surface area contributed by atoms with Crippen LogP contribution in [0.15, 0.2) is 64.0 Å². The third kappa shape index (κ3) is 4.70. The van der Waals surface area contributed by atoms with Crippen molar-refractivity contribution in [2.45, 2.75) is 24.1 Å². The van der Waals surface area contributed by atoms with Gasteiger partial charge in [-0.2, -0.15) is 0 Å². The number of halogens is 1. The van der Waals surface area contributed by atoms with Gasteiger partial charge in [0, 0.05) is 23.3 Å². The molecule has 2 aromatic carbocycles. The van der Waals surface area contributed by atoms with Crippen LogP contribution < -0.4 is 5.32 Å². The standard InChI is InChI=1S/C19H17FN2O2S/c1-13-10-16(22-24-13)12-25-18-5-3-2-4-17(18)19(23)21-11-14-6-8-15(20)9-7-14/h2-10H,11-12H2,1H3,(H,21,23). The van der Waals surface area contributed by atoms with Crippen LogP contribution in [0.25, 0.3) is 0 Å². The number of carbonyl (C=O) groups excluding carboxylic acids is 1. The fraction of sp³-hybridized carbons (Fsp3) is 0.158. The number of thioether (sulfide) groups is 1. The zero-order chi connectivity index (χ0) is 17.6. The van der Waals surface area contributed by atoms with Crippen LogP contribution in [0, 0.1) is 12.7 Å². The predicted molar refractivity (Wildman–Crippen MR) is 94.8 cm³/mol. The first-order valence-electron chi connectivity index (χ1n) is 7.78. The first-order chi connectivity index (χ1) is 12.1. The lowest BCUT2D eigenvalue weighted by Crippen LogP contribution is -2.23. The summed E-state index contributed by atoms with van der Waals surface area (Å²) in [6.45, 7) is 2.19. The molecule has 0 saturated carbocycles. The Morgan fingerprint density at radius 1 is 1.20 bits per heavy atom. The van der Waals surface area contributed by atoms with Crippen molar-refractivity contribution in [2.24, 2.45) is 0 Å². The van der Waals surface area contributed by atoms with Gasteiger partial charge < -0.3 is 9.84 Å². The quantitative estimate of drug-likeness (QED) is 0.668. The summed E-state index contributed by atoms with van der Waals surface area (Å²) in [6.07, 6.45) is 0. The molecule has 0 radical (unpaired) electrons. The van der Waals surface area contributed by atoms with E-state index in [-0.39, 0.29) is 11.7 Å². The SMILES string of the molecule is Cc1cc(CSc2ccccc2C(=O)NCc2ccc(F)cc2)no1. The van der Waals surface area contributed by atoms with Crippen molar-refractivity contribution in [1.29, 1.82) is 0 Å². The molecule has 1 N–H and O–H groups in total. The maximum atomic E-state index is 12.9. The average Bonchev–Trinajstić information content (AvgIpc) is 3.05. The van der Waals surface area contributed by atoms with Gasteiger partial charge in [0.15, 0.2) is 0 Å². The smallest absolute Gasteiger partial charge is 0.252 e. The van der Waals surface area contributed by atoms with E-state index in [1.54, 1.807) is 18.2 Å². The average molecular weight is 356 g/mol. The number of amides is 1. The molecule has 0 bridgehead atoms. The highest BCUT2D eigenvalue weighted by Crippen LogP contribution is 2.26. The predicted octanol–water partition coefficient (Wildman–Crippen LogP) is 4.34. The number of benzene rings is 2. The summed E-state index contributed by atoms with van der Waals surface area (Å²) in [5.74, 6) is 0.934. The molecule has 0 fully saturated rings. The van der Waals surface area contributed by atoms with Crippen LogP contribution in [0.2, 0.25) is 0 Å². The fourth-order valence-corrected chi connectivity index (χ4v) is 3.23. The van der Waals surface area contributed by atoms with E-state index in [1.807, 2.05) is 31.2 Å². The molecular formula is C19H17FN2O2S. The summed E-state index contributed by atoms with van der Waals surface area (Å²) >= 11 is 1.53. The molecule has 0 saturated heterocycles. The zero-order valence-electron chi connectivity index (χ0n) is 13.7. The molecule has 128 valence electrons. The number of nitrogens with one attached hydrogen (secondary N) is 1. The summed E-state index contributed by atoms with van der Waals surface area (Å²) < 4.78 is 18.0. The van der Waals surface area contributed by atoms with Crippen LogP contribution in [0.1, 0.15) is 27.4 Å². The number of carbonyl (C=O) groups is 1. The van der Waals surface area contributed by atoms with E-state index in [0.717, 1.165) is 21.9 Å². The maximum absolute atomic E-state index is 12.9. The Balaban J connectivity index is 1.64. The van der Waals surface area contributed by atoms with Crippen molar-refractivity contribution in [3.05, 3.63) is 83.0 Å². The lowest BCUT2D eigenvalue weighted by Gasteiger charge is -2.09. The van der Waals surface area contributed by atoms with Crippen molar-refractivity contribution in [3.63, 3.8) is 0 Å². The van der Waals surface area contributed by atoms with Gasteiger partial charge in [-0.3, -0.25) is 4.79 Å². The molecule has 0 spiro atoms. The van der Waals surface area contributed by atoms with Crippen molar-refractivity contribution < 1.29 is 13.7 Å². The second kappa shape index (κ2) is 7.98. The van der Waals surface area contributed by atoms with E-state index >= 15 is 0 Å². The first-order valence-corrected chi connectivity index (χ1v) is 8.77. The molecule has 4 nitrogen and oxygen atoms in total. The molecule has 0 aliphatic heterocycles. The van der Waals surface area contributed by atoms with E-state index in [9.17, 15) is 9.18 Å². The minimum atomic E-state index is -0.292. The van der Waals surface area contributed by atoms with Crippen LogP contribution in [-0.4, -0.2) is 11.1 Å². The molecular weight excluding hydrogens is 339 g/mol. The fourth-order valence-electron chi connectivity index (χ4n) is 2.30. The molecule has 6 heteroatoms. The van der Waals surface area contributed by atoms with Gasteiger partial charge >= 0.3 is 0 Å². The molecule has 1 heterocycles. The maximum Gasteiger partial charge on any atom is 0.252 e. The highest BCUT2D eigenvalue weighted by atomic mass is 32.2. The van der Waals surface area contributed by atoms with Gasteiger partial charge in [0.1, 0.15) is 11.6 Å². The van der Waals surface area contributed by atoms with Gasteiger partial charge in [-0.05, 0) is 36.8 Å². The Morgan fingerprint density at radius 3 is 2.68 bits per heavy atom. The van der Waals surface area contributed by atoms with Gasteiger partial charge in [0.05, 0.1) is 11.3 Å². The number of rotatable bonds is 6. The van der Waals surface area contributed by atoms with Crippen molar-refractivity contribution >= 4 is 17.7 Å². The summed E-state index contributed by atoms with van der Waals surface area (Å²) in [5.41, 5.74) is 2.29. The molecule has 0 atom stereocenters. The number of hydrogen-bond donors (Lipinski definition) is 1. The minimum absolute atomic E-state index is 0.163. The van der Waals surface area contributed by atoms with Crippen LogP contribution in [0.5, 0.6) is 0 Å². The third-order valence-corrected chi connectivity index (χ3v) is 4.66. The Bertz CT molecular complexity index is 862. The summed E-state index contributed by atoms with van der Waals surface area (Å²) in [6, 6.07) is 15.4. The van der Waals surface area contributed by atoms with Gasteiger partial charge in [0.2, 0.25) is 0 Å². The Hall–Kier alpha value is -2.60. The second-order valence-corrected chi connectivity index (χ2v) is 6.54. The van der Waals surface area contributed by atoms with Crippen LogP contribution in [0.4, 0.5) is 4.39 Å². The monoisotopic (exact) mass is 356 g/mol. The molecule has 0 aliphatic rings. The number of aryl methyl sites for hydroxylation is 1. The van der Waals surface area contributed by atoms with Gasteiger partial charge in [0.25, 0.3) is 5.91 Å². The topological polar surface area (TPSA) is 55.1 Å². The number of nitrogens with zero attached hydrogens (tertiary/aromatic N) is 1. The molecule has 0 aliphatic carbocycles. The van der Waals surface area contributed by atoms with E-state index in [2.05, 4.69) is 10.5 Å². The lowest BCUT2D eigenvalue weighted by atomic mass is 10.2. The second-order valence-electron chi connectivity index (χ2n) is 5.52. The Morgan fingerprint density at radius 2 is 1.96 bits per heavy atom. The van der Waals surface area contributed by atoms with Gasteiger partial charge in [-0.1, -0.05) is 29.4 Å². The minimum Gasteiger partial charge on any atom is -0.361 e. The first kappa shape index (κ1) is 17.2. The Labute approximate surface area is 149 Å².